The number of rotatable bonds is 3. The Labute approximate surface area is 137 Å². The molecule has 0 bridgehead atoms. The topological polar surface area (TPSA) is 82.7 Å². The minimum atomic E-state index is -0.228. The maximum atomic E-state index is 12.4. The van der Waals surface area contributed by atoms with E-state index in [1.54, 1.807) is 11.3 Å². The van der Waals surface area contributed by atoms with Gasteiger partial charge >= 0.3 is 0 Å². The van der Waals surface area contributed by atoms with Gasteiger partial charge in [-0.1, -0.05) is 18.2 Å². The second kappa shape index (κ2) is 6.10. The van der Waals surface area contributed by atoms with Gasteiger partial charge in [-0.05, 0) is 37.9 Å². The maximum Gasteiger partial charge on any atom is 0.278 e. The fourth-order valence-corrected chi connectivity index (χ4v) is 3.91. The predicted octanol–water partition coefficient (Wildman–Crippen LogP) is 2.74. The van der Waals surface area contributed by atoms with Crippen LogP contribution in [-0.2, 0) is 0 Å². The van der Waals surface area contributed by atoms with Gasteiger partial charge in [-0.15, -0.1) is 11.3 Å². The lowest BCUT2D eigenvalue weighted by Gasteiger charge is -2.20. The Morgan fingerprint density at radius 1 is 1.26 bits per heavy atom. The number of amides is 1. The molecule has 1 aliphatic rings. The van der Waals surface area contributed by atoms with Gasteiger partial charge in [0.15, 0.2) is 10.8 Å². The van der Waals surface area contributed by atoms with E-state index in [0.717, 1.165) is 36.8 Å². The molecule has 3 aromatic rings. The van der Waals surface area contributed by atoms with Crippen molar-refractivity contribution in [1.82, 2.24) is 20.5 Å². The summed E-state index contributed by atoms with van der Waals surface area (Å²) in [5, 5.41) is 14.7. The molecule has 23 heavy (non-hydrogen) atoms. The average Bonchev–Trinajstić information content (AvgIpc) is 3.22. The fourth-order valence-electron chi connectivity index (χ4n) is 2.93. The highest BCUT2D eigenvalue weighted by atomic mass is 32.1. The van der Waals surface area contributed by atoms with E-state index in [1.165, 1.54) is 4.88 Å². The number of nitrogens with one attached hydrogen (secondary N) is 3. The van der Waals surface area contributed by atoms with Gasteiger partial charge in [0, 0.05) is 16.5 Å². The number of H-pyrrole nitrogens is 1. The van der Waals surface area contributed by atoms with Crippen LogP contribution in [0.25, 0.3) is 10.9 Å². The molecule has 6 nitrogen and oxygen atoms in total. The van der Waals surface area contributed by atoms with E-state index in [2.05, 4.69) is 25.8 Å². The number of carbonyl (C=O) groups excluding carboxylic acids is 1. The van der Waals surface area contributed by atoms with Crippen molar-refractivity contribution in [3.8, 4) is 0 Å². The lowest BCUT2D eigenvalue weighted by atomic mass is 9.97. The first-order valence-corrected chi connectivity index (χ1v) is 8.54. The summed E-state index contributed by atoms with van der Waals surface area (Å²) < 4.78 is 0. The summed E-state index contributed by atoms with van der Waals surface area (Å²) in [5.74, 6) is 0.319. The molecule has 1 fully saturated rings. The minimum Gasteiger partial charge on any atom is -0.317 e. The fraction of sp³-hybridized carbons (Fsp3) is 0.312. The number of para-hydroxylation sites is 1. The predicted molar refractivity (Wildman–Crippen MR) is 91.0 cm³/mol. The van der Waals surface area contributed by atoms with Gasteiger partial charge in [-0.2, -0.15) is 5.10 Å². The van der Waals surface area contributed by atoms with Crippen molar-refractivity contribution in [3.63, 3.8) is 0 Å². The summed E-state index contributed by atoms with van der Waals surface area (Å²) in [6, 6.07) is 7.59. The number of aromatic nitrogens is 3. The highest BCUT2D eigenvalue weighted by Gasteiger charge is 2.19. The Balaban J connectivity index is 1.51. The van der Waals surface area contributed by atoms with E-state index in [-0.39, 0.29) is 5.91 Å². The van der Waals surface area contributed by atoms with Crippen LogP contribution in [0.1, 0.15) is 34.1 Å². The number of anilines is 1. The second-order valence-corrected chi connectivity index (χ2v) is 6.73. The Morgan fingerprint density at radius 2 is 2.09 bits per heavy atom. The van der Waals surface area contributed by atoms with Gasteiger partial charge in [-0.3, -0.25) is 15.2 Å². The number of benzene rings is 1. The normalized spacial score (nSPS) is 15.8. The SMILES string of the molecule is O=C(Nc1ncc(C2CCNCC2)s1)c1n[nH]c2ccccc12. The molecule has 7 heteroatoms. The van der Waals surface area contributed by atoms with Crippen LogP contribution in [0.15, 0.2) is 30.5 Å². The maximum absolute atomic E-state index is 12.4. The third-order valence-electron chi connectivity index (χ3n) is 4.17. The van der Waals surface area contributed by atoms with E-state index in [1.807, 2.05) is 30.5 Å². The monoisotopic (exact) mass is 327 g/mol. The van der Waals surface area contributed by atoms with Crippen molar-refractivity contribution in [3.05, 3.63) is 41.0 Å². The molecular formula is C16H17N5OS. The molecule has 0 atom stereocenters. The molecule has 3 N–H and O–H groups in total. The van der Waals surface area contributed by atoms with Crippen molar-refractivity contribution in [2.24, 2.45) is 0 Å². The molecule has 1 saturated heterocycles. The van der Waals surface area contributed by atoms with Crippen LogP contribution in [-0.4, -0.2) is 34.2 Å². The van der Waals surface area contributed by atoms with E-state index >= 15 is 0 Å². The Hall–Kier alpha value is -2.25. The summed E-state index contributed by atoms with van der Waals surface area (Å²) in [4.78, 5) is 18.0. The van der Waals surface area contributed by atoms with Crippen LogP contribution in [0, 0.1) is 0 Å². The van der Waals surface area contributed by atoms with Crippen LogP contribution in [0.3, 0.4) is 0 Å². The van der Waals surface area contributed by atoms with Crippen molar-refractivity contribution in [2.45, 2.75) is 18.8 Å². The van der Waals surface area contributed by atoms with Gasteiger partial charge < -0.3 is 5.32 Å². The van der Waals surface area contributed by atoms with Crippen LogP contribution in [0.2, 0.25) is 0 Å². The number of carbonyl (C=O) groups is 1. The largest absolute Gasteiger partial charge is 0.317 e. The molecule has 0 unspecified atom stereocenters. The third-order valence-corrected chi connectivity index (χ3v) is 5.25. The second-order valence-electron chi connectivity index (χ2n) is 5.66. The standard InChI is InChI=1S/C16H17N5OS/c22-15(14-11-3-1-2-4-12(11)20-21-14)19-16-18-9-13(23-16)10-5-7-17-8-6-10/h1-4,9-10,17H,5-8H2,(H,20,21)(H,18,19,22). The molecule has 1 amide bonds. The molecule has 3 heterocycles. The number of nitrogens with zero attached hydrogens (tertiary/aromatic N) is 2. The quantitative estimate of drug-likeness (QED) is 0.691. The average molecular weight is 327 g/mol. The van der Waals surface area contributed by atoms with Crippen molar-refractivity contribution < 1.29 is 4.79 Å². The van der Waals surface area contributed by atoms with Gasteiger partial charge in [0.25, 0.3) is 5.91 Å². The Bertz CT molecular complexity index is 834. The van der Waals surface area contributed by atoms with Gasteiger partial charge in [0.05, 0.1) is 5.52 Å². The summed E-state index contributed by atoms with van der Waals surface area (Å²) in [6.07, 6.45) is 4.14. The molecular weight excluding hydrogens is 310 g/mol. The lowest BCUT2D eigenvalue weighted by Crippen LogP contribution is -2.26. The highest BCUT2D eigenvalue weighted by molar-refractivity contribution is 7.15. The Kier molecular flexibility index (Phi) is 3.80. The molecule has 0 spiro atoms. The molecule has 2 aromatic heterocycles. The molecule has 0 saturated carbocycles. The van der Waals surface area contributed by atoms with Gasteiger partial charge in [0.1, 0.15) is 0 Å². The molecule has 0 radical (unpaired) electrons. The zero-order valence-corrected chi connectivity index (χ0v) is 13.3. The van der Waals surface area contributed by atoms with Crippen LogP contribution < -0.4 is 10.6 Å². The number of fused-ring (bicyclic) bond motifs is 1. The number of piperidine rings is 1. The minimum absolute atomic E-state index is 0.228. The number of hydrogen-bond acceptors (Lipinski definition) is 5. The summed E-state index contributed by atoms with van der Waals surface area (Å²) >= 11 is 1.56. The molecule has 1 aromatic carbocycles. The highest BCUT2D eigenvalue weighted by Crippen LogP contribution is 2.31. The first-order chi connectivity index (χ1) is 11.3. The van der Waals surface area contributed by atoms with Gasteiger partial charge in [0.2, 0.25) is 0 Å². The third kappa shape index (κ3) is 2.85. The van der Waals surface area contributed by atoms with Crippen molar-refractivity contribution >= 4 is 33.3 Å². The first kappa shape index (κ1) is 14.3. The van der Waals surface area contributed by atoms with Gasteiger partial charge in [-0.25, -0.2) is 4.98 Å². The molecule has 4 rings (SSSR count). The van der Waals surface area contributed by atoms with Crippen LogP contribution in [0.4, 0.5) is 5.13 Å². The first-order valence-electron chi connectivity index (χ1n) is 7.72. The summed E-state index contributed by atoms with van der Waals surface area (Å²) in [6.45, 7) is 2.09. The van der Waals surface area contributed by atoms with Crippen LogP contribution in [0.5, 0.6) is 0 Å². The van der Waals surface area contributed by atoms with Crippen molar-refractivity contribution in [1.29, 1.82) is 0 Å². The van der Waals surface area contributed by atoms with E-state index in [4.69, 9.17) is 0 Å². The van der Waals surface area contributed by atoms with E-state index in [9.17, 15) is 4.79 Å². The molecule has 0 aliphatic carbocycles. The Morgan fingerprint density at radius 3 is 2.96 bits per heavy atom. The zero-order chi connectivity index (χ0) is 15.6. The van der Waals surface area contributed by atoms with Crippen LogP contribution >= 0.6 is 11.3 Å². The zero-order valence-electron chi connectivity index (χ0n) is 12.5. The van der Waals surface area contributed by atoms with E-state index in [0.29, 0.717) is 16.7 Å². The summed E-state index contributed by atoms with van der Waals surface area (Å²) in [5.41, 5.74) is 1.26. The molecule has 118 valence electrons. The number of aromatic amines is 1. The smallest absolute Gasteiger partial charge is 0.278 e. The number of hydrogen-bond donors (Lipinski definition) is 3. The van der Waals surface area contributed by atoms with E-state index < -0.39 is 0 Å². The lowest BCUT2D eigenvalue weighted by molar-refractivity contribution is 0.102. The number of thiazole rings is 1. The summed E-state index contributed by atoms with van der Waals surface area (Å²) in [7, 11) is 0. The van der Waals surface area contributed by atoms with Crippen molar-refractivity contribution in [2.75, 3.05) is 18.4 Å². The molecule has 1 aliphatic heterocycles.